The molecule has 0 unspecified atom stereocenters. The van der Waals surface area contributed by atoms with Crippen LogP contribution in [-0.4, -0.2) is 4.57 Å². The van der Waals surface area contributed by atoms with Crippen LogP contribution in [0.5, 0.6) is 0 Å². The van der Waals surface area contributed by atoms with Crippen molar-refractivity contribution in [2.45, 2.75) is 19.3 Å². The zero-order valence-corrected chi connectivity index (χ0v) is 36.5. The Morgan fingerprint density at radius 2 is 0.742 bits per heavy atom. The predicted molar refractivity (Wildman–Crippen MR) is 275 cm³/mol. The SMILES string of the molecule is CC1(C)c2cc(-c3ccc4oc5ccc(-c6ccccc6)cc5c4c3)ccc2-c2ccc3c4cc(-c5ccc6oc7ccc(-c8ccccc8)cc7c6c5)ccc4n(-c4ccccc4)c3c21. The first-order valence-corrected chi connectivity index (χ1v) is 22.8. The Kier molecular flexibility index (Phi) is 7.74. The molecular formula is C63H41NO2. The summed E-state index contributed by atoms with van der Waals surface area (Å²) in [6.07, 6.45) is 0. The fourth-order valence-electron chi connectivity index (χ4n) is 11.1. The summed E-state index contributed by atoms with van der Waals surface area (Å²) in [7, 11) is 0. The molecule has 0 radical (unpaired) electrons. The van der Waals surface area contributed by atoms with Crippen LogP contribution in [0.15, 0.2) is 221 Å². The quantitative estimate of drug-likeness (QED) is 0.173. The lowest BCUT2D eigenvalue weighted by atomic mass is 9.80. The summed E-state index contributed by atoms with van der Waals surface area (Å²) < 4.78 is 15.2. The minimum Gasteiger partial charge on any atom is -0.456 e. The number of hydrogen-bond donors (Lipinski definition) is 0. The number of furan rings is 2. The molecule has 3 heteroatoms. The van der Waals surface area contributed by atoms with Crippen LogP contribution in [0.1, 0.15) is 25.0 Å². The lowest BCUT2D eigenvalue weighted by Gasteiger charge is -2.24. The van der Waals surface area contributed by atoms with Gasteiger partial charge in [0.15, 0.2) is 0 Å². The van der Waals surface area contributed by atoms with Gasteiger partial charge in [0.05, 0.1) is 11.0 Å². The fourth-order valence-corrected chi connectivity index (χ4v) is 11.1. The van der Waals surface area contributed by atoms with E-state index in [4.69, 9.17) is 8.83 Å². The number of benzene rings is 10. The van der Waals surface area contributed by atoms with Crippen LogP contribution in [0, 0.1) is 0 Å². The van der Waals surface area contributed by atoms with E-state index < -0.39 is 0 Å². The second-order valence-electron chi connectivity index (χ2n) is 18.5. The second-order valence-corrected chi connectivity index (χ2v) is 18.5. The van der Waals surface area contributed by atoms with Crippen molar-refractivity contribution in [1.29, 1.82) is 0 Å². The van der Waals surface area contributed by atoms with E-state index in [9.17, 15) is 0 Å². The zero-order valence-electron chi connectivity index (χ0n) is 36.5. The van der Waals surface area contributed by atoms with E-state index in [2.05, 4.69) is 231 Å². The molecule has 10 aromatic carbocycles. The molecule has 0 bridgehead atoms. The van der Waals surface area contributed by atoms with Crippen molar-refractivity contribution in [3.8, 4) is 61.3 Å². The molecule has 0 N–H and O–H groups in total. The highest BCUT2D eigenvalue weighted by Crippen LogP contribution is 2.54. The largest absolute Gasteiger partial charge is 0.456 e. The summed E-state index contributed by atoms with van der Waals surface area (Å²) in [6, 6.07) is 77.1. The smallest absolute Gasteiger partial charge is 0.135 e. The van der Waals surface area contributed by atoms with Crippen molar-refractivity contribution in [2.24, 2.45) is 0 Å². The number of hydrogen-bond acceptors (Lipinski definition) is 2. The van der Waals surface area contributed by atoms with Gasteiger partial charge in [0.25, 0.3) is 0 Å². The van der Waals surface area contributed by atoms with Crippen LogP contribution in [0.3, 0.4) is 0 Å². The van der Waals surface area contributed by atoms with Gasteiger partial charge in [-0.25, -0.2) is 0 Å². The van der Waals surface area contributed by atoms with Gasteiger partial charge in [0.1, 0.15) is 22.3 Å². The highest BCUT2D eigenvalue weighted by atomic mass is 16.3. The van der Waals surface area contributed by atoms with Gasteiger partial charge >= 0.3 is 0 Å². The average Bonchev–Trinajstić information content (AvgIpc) is 4.09. The molecule has 0 fully saturated rings. The third-order valence-corrected chi connectivity index (χ3v) is 14.4. The van der Waals surface area contributed by atoms with Gasteiger partial charge in [0, 0.05) is 43.4 Å². The van der Waals surface area contributed by atoms with Crippen molar-refractivity contribution in [2.75, 3.05) is 0 Å². The van der Waals surface area contributed by atoms with Gasteiger partial charge in [0.2, 0.25) is 0 Å². The summed E-state index contributed by atoms with van der Waals surface area (Å²) in [5, 5.41) is 7.01. The summed E-state index contributed by atoms with van der Waals surface area (Å²) in [6.45, 7) is 4.82. The van der Waals surface area contributed by atoms with E-state index in [0.717, 1.165) is 55.1 Å². The highest BCUT2D eigenvalue weighted by Gasteiger charge is 2.39. The van der Waals surface area contributed by atoms with E-state index in [-0.39, 0.29) is 5.41 Å². The molecule has 14 rings (SSSR count). The van der Waals surface area contributed by atoms with Crippen LogP contribution in [0.25, 0.3) is 127 Å². The topological polar surface area (TPSA) is 31.2 Å². The Morgan fingerprint density at radius 1 is 0.333 bits per heavy atom. The predicted octanol–water partition coefficient (Wildman–Crippen LogP) is 17.6. The molecule has 13 aromatic rings. The van der Waals surface area contributed by atoms with E-state index in [1.165, 1.54) is 83.0 Å². The molecule has 0 saturated heterocycles. The molecule has 3 nitrogen and oxygen atoms in total. The van der Waals surface area contributed by atoms with Crippen LogP contribution in [0.4, 0.5) is 0 Å². The Morgan fingerprint density at radius 3 is 1.26 bits per heavy atom. The molecule has 1 aliphatic carbocycles. The van der Waals surface area contributed by atoms with Crippen molar-refractivity contribution in [3.05, 3.63) is 223 Å². The summed E-state index contributed by atoms with van der Waals surface area (Å²) in [5.74, 6) is 0. The number of para-hydroxylation sites is 1. The Balaban J connectivity index is 0.904. The normalized spacial score (nSPS) is 13.1. The molecule has 0 atom stereocenters. The van der Waals surface area contributed by atoms with Gasteiger partial charge in [-0.3, -0.25) is 0 Å². The third-order valence-electron chi connectivity index (χ3n) is 14.4. The van der Waals surface area contributed by atoms with Gasteiger partial charge in [-0.15, -0.1) is 0 Å². The molecule has 0 spiro atoms. The highest BCUT2D eigenvalue weighted by molar-refractivity contribution is 6.15. The summed E-state index contributed by atoms with van der Waals surface area (Å²) in [4.78, 5) is 0. The maximum Gasteiger partial charge on any atom is 0.135 e. The molecule has 3 aromatic heterocycles. The standard InChI is InChI=1S/C63H41NO2/c1-63(2)55-37-45(44-23-31-60-54(36-44)52-34-41(21-29-58(52)66-60)39-14-8-4-9-15-39)18-24-47(55)48-25-26-49-50-32-42(19-27-56(50)64(62(49)61(48)63)46-16-10-5-11-17-46)43-22-30-59-53(35-43)51-33-40(20-28-57(51)65-59)38-12-6-3-7-13-38/h3-37H,1-2H3. The molecule has 310 valence electrons. The molecule has 3 heterocycles. The summed E-state index contributed by atoms with van der Waals surface area (Å²) in [5.41, 5.74) is 21.7. The van der Waals surface area contributed by atoms with Gasteiger partial charge in [-0.05, 0) is 146 Å². The zero-order chi connectivity index (χ0) is 43.7. The Bertz CT molecular complexity index is 4110. The van der Waals surface area contributed by atoms with Crippen LogP contribution in [0.2, 0.25) is 0 Å². The summed E-state index contributed by atoms with van der Waals surface area (Å²) >= 11 is 0. The second kappa shape index (κ2) is 13.8. The maximum absolute atomic E-state index is 6.38. The Hall–Kier alpha value is -8.40. The van der Waals surface area contributed by atoms with E-state index in [0.29, 0.717) is 0 Å². The van der Waals surface area contributed by atoms with Crippen LogP contribution in [-0.2, 0) is 5.41 Å². The minimum atomic E-state index is -0.285. The van der Waals surface area contributed by atoms with Gasteiger partial charge in [-0.1, -0.05) is 147 Å². The molecule has 66 heavy (non-hydrogen) atoms. The monoisotopic (exact) mass is 843 g/mol. The van der Waals surface area contributed by atoms with Gasteiger partial charge in [-0.2, -0.15) is 0 Å². The molecule has 0 amide bonds. The van der Waals surface area contributed by atoms with Gasteiger partial charge < -0.3 is 13.4 Å². The Labute approximate surface area is 381 Å². The number of nitrogens with zero attached hydrogens (tertiary/aromatic N) is 1. The first-order valence-electron chi connectivity index (χ1n) is 22.8. The van der Waals surface area contributed by atoms with E-state index in [1.807, 2.05) is 0 Å². The van der Waals surface area contributed by atoms with E-state index >= 15 is 0 Å². The maximum atomic E-state index is 6.38. The molecule has 0 saturated carbocycles. The molecule has 1 aliphatic rings. The van der Waals surface area contributed by atoms with Crippen LogP contribution >= 0.6 is 0 Å². The number of aromatic nitrogens is 1. The lowest BCUT2D eigenvalue weighted by Crippen LogP contribution is -2.16. The average molecular weight is 844 g/mol. The van der Waals surface area contributed by atoms with Crippen molar-refractivity contribution >= 4 is 65.7 Å². The van der Waals surface area contributed by atoms with Crippen molar-refractivity contribution in [1.82, 2.24) is 4.57 Å². The van der Waals surface area contributed by atoms with Crippen molar-refractivity contribution < 1.29 is 8.83 Å². The number of fused-ring (bicyclic) bond motifs is 13. The fraction of sp³-hybridized carbons (Fsp3) is 0.0476. The molecular weight excluding hydrogens is 803 g/mol. The van der Waals surface area contributed by atoms with E-state index in [1.54, 1.807) is 0 Å². The lowest BCUT2D eigenvalue weighted by molar-refractivity contribution is 0.664. The third kappa shape index (κ3) is 5.44. The first kappa shape index (κ1) is 37.0. The number of rotatable bonds is 5. The van der Waals surface area contributed by atoms with Crippen LogP contribution < -0.4 is 0 Å². The molecule has 0 aliphatic heterocycles. The first-order chi connectivity index (χ1) is 32.4. The van der Waals surface area contributed by atoms with Crippen molar-refractivity contribution in [3.63, 3.8) is 0 Å². The minimum absolute atomic E-state index is 0.285.